The number of hydrogen-bond donors (Lipinski definition) is 3. The molecule has 74 heavy (non-hydrogen) atoms. The number of cyclic esters (lactones) is 1. The molecule has 3 saturated heterocycles. The molecule has 1 unspecified atom stereocenters. The predicted octanol–water partition coefficient (Wildman–Crippen LogP) is 6.61. The summed E-state index contributed by atoms with van der Waals surface area (Å²) in [6.07, 6.45) is 1.39. The lowest BCUT2D eigenvalue weighted by Gasteiger charge is -2.37. The second-order valence-corrected chi connectivity index (χ2v) is 21.4. The van der Waals surface area contributed by atoms with Crippen molar-refractivity contribution in [1.82, 2.24) is 40.4 Å². The van der Waals surface area contributed by atoms with Crippen molar-refractivity contribution in [2.75, 3.05) is 71.5 Å². The summed E-state index contributed by atoms with van der Waals surface area (Å²) >= 11 is 0. The molecule has 5 atom stereocenters. The summed E-state index contributed by atoms with van der Waals surface area (Å²) < 4.78 is 44.7. The second kappa shape index (κ2) is 22.7. The molecule has 4 amide bonds. The highest BCUT2D eigenvalue weighted by atomic mass is 19.3. The SMILES string of the molecule is C=CC(=O)N1CC[C@H](C(=O)N(C)C(C(=O)N[C@H]2Cc3cc(cc(C(F)F)c3)-c3ccc4c(c3)c(c(-c3cc(N5CCNCC5)cnc3[C@H](C)OC)n4CC)CC(C)(C)COC(=O)[C@@H]3CCCN(N3)C2=O)C(C)C)C1. The molecule has 8 rings (SSSR count). The van der Waals surface area contributed by atoms with Gasteiger partial charge in [0.2, 0.25) is 17.7 Å². The summed E-state index contributed by atoms with van der Waals surface area (Å²) in [5.41, 5.74) is 9.25. The Morgan fingerprint density at radius 3 is 2.47 bits per heavy atom. The largest absolute Gasteiger partial charge is 0.464 e. The molecule has 0 radical (unpaired) electrons. The number of aromatic nitrogens is 2. The third-order valence-electron chi connectivity index (χ3n) is 15.2. The van der Waals surface area contributed by atoms with Crippen LogP contribution in [0.3, 0.4) is 0 Å². The Balaban J connectivity index is 1.25. The molecule has 2 aromatic carbocycles. The average Bonchev–Trinajstić information content (AvgIpc) is 4.01. The van der Waals surface area contributed by atoms with Gasteiger partial charge in [-0.25, -0.2) is 14.2 Å². The molecule has 0 saturated carbocycles. The number of methoxy groups -OCH3 is 1. The van der Waals surface area contributed by atoms with Gasteiger partial charge in [-0.05, 0) is 98.0 Å². The van der Waals surface area contributed by atoms with Gasteiger partial charge < -0.3 is 39.4 Å². The summed E-state index contributed by atoms with van der Waals surface area (Å²) in [7, 11) is 3.21. The van der Waals surface area contributed by atoms with E-state index in [4.69, 9.17) is 14.5 Å². The molecule has 6 bridgehead atoms. The van der Waals surface area contributed by atoms with Crippen molar-refractivity contribution in [1.29, 1.82) is 0 Å². The zero-order valence-electron chi connectivity index (χ0n) is 44.1. The highest BCUT2D eigenvalue weighted by Crippen LogP contribution is 2.43. The van der Waals surface area contributed by atoms with E-state index in [1.807, 2.05) is 45.2 Å². The Bertz CT molecular complexity index is 2770. The first-order chi connectivity index (χ1) is 35.3. The van der Waals surface area contributed by atoms with E-state index in [0.717, 1.165) is 65.3 Å². The third-order valence-corrected chi connectivity index (χ3v) is 15.2. The number of halogens is 2. The lowest BCUT2D eigenvalue weighted by molar-refractivity contribution is -0.155. The number of likely N-dealkylation sites (N-methyl/N-ethyl adjacent to an activating group) is 1. The fourth-order valence-electron chi connectivity index (χ4n) is 11.3. The molecule has 3 fully saturated rings. The zero-order valence-corrected chi connectivity index (χ0v) is 44.1. The minimum absolute atomic E-state index is 0.0427. The van der Waals surface area contributed by atoms with Gasteiger partial charge in [0.25, 0.3) is 12.3 Å². The number of carbonyl (C=O) groups is 5. The van der Waals surface area contributed by atoms with Crippen LogP contribution in [0.4, 0.5) is 14.5 Å². The van der Waals surface area contributed by atoms with Crippen LogP contribution in [0.2, 0.25) is 0 Å². The van der Waals surface area contributed by atoms with E-state index in [2.05, 4.69) is 45.1 Å². The first-order valence-electron chi connectivity index (χ1n) is 26.1. The van der Waals surface area contributed by atoms with Crippen molar-refractivity contribution >= 4 is 46.2 Å². The molecule has 2 aromatic heterocycles. The Labute approximate surface area is 433 Å². The lowest BCUT2D eigenvalue weighted by atomic mass is 9.84. The second-order valence-electron chi connectivity index (χ2n) is 21.4. The van der Waals surface area contributed by atoms with Gasteiger partial charge in [-0.2, -0.15) is 0 Å². The van der Waals surface area contributed by atoms with Gasteiger partial charge in [0, 0.05) is 100 Å². The number of esters is 1. The first-order valence-corrected chi connectivity index (χ1v) is 26.1. The number of likely N-dealkylation sites (tertiary alicyclic amines) is 1. The Morgan fingerprint density at radius 2 is 1.78 bits per heavy atom. The first kappa shape index (κ1) is 54.0. The number of benzene rings is 2. The van der Waals surface area contributed by atoms with Crippen LogP contribution in [0.5, 0.6) is 0 Å². The van der Waals surface area contributed by atoms with E-state index in [-0.39, 0.29) is 49.6 Å². The number of amides is 4. The van der Waals surface area contributed by atoms with E-state index in [0.29, 0.717) is 55.5 Å². The number of piperazine rings is 1. The number of carbonyl (C=O) groups excluding carboxylic acids is 5. The smallest absolute Gasteiger partial charge is 0.324 e. The lowest BCUT2D eigenvalue weighted by Crippen LogP contribution is -2.62. The Morgan fingerprint density at radius 1 is 1.03 bits per heavy atom. The molecule has 0 spiro atoms. The van der Waals surface area contributed by atoms with Crippen LogP contribution in [-0.4, -0.2) is 139 Å². The zero-order chi connectivity index (χ0) is 53.2. The summed E-state index contributed by atoms with van der Waals surface area (Å²) in [4.78, 5) is 80.3. The van der Waals surface area contributed by atoms with Gasteiger partial charge in [-0.15, -0.1) is 0 Å². The molecule has 4 aliphatic rings. The van der Waals surface area contributed by atoms with Crippen molar-refractivity contribution in [2.45, 2.75) is 111 Å². The normalized spacial score (nSPS) is 21.4. The highest BCUT2D eigenvalue weighted by molar-refractivity contribution is 5.96. The monoisotopic (exact) mass is 1020 g/mol. The number of hydrazine groups is 1. The fraction of sp³-hybridized carbons (Fsp3) is 0.536. The third kappa shape index (κ3) is 11.4. The number of aryl methyl sites for hydroxylation is 1. The van der Waals surface area contributed by atoms with Crippen LogP contribution < -0.4 is 21.0 Å². The predicted molar refractivity (Wildman–Crippen MR) is 280 cm³/mol. The quantitative estimate of drug-likeness (QED) is 0.103. The van der Waals surface area contributed by atoms with Crippen LogP contribution >= 0.6 is 0 Å². The number of pyridine rings is 1. The maximum Gasteiger partial charge on any atom is 0.324 e. The van der Waals surface area contributed by atoms with Crippen LogP contribution in [0.1, 0.15) is 95.7 Å². The number of fused-ring (bicyclic) bond motifs is 6. The van der Waals surface area contributed by atoms with Gasteiger partial charge in [0.15, 0.2) is 0 Å². The summed E-state index contributed by atoms with van der Waals surface area (Å²) in [5.74, 6) is -3.29. The van der Waals surface area contributed by atoms with E-state index >= 15 is 8.78 Å². The van der Waals surface area contributed by atoms with Crippen molar-refractivity contribution in [3.8, 4) is 22.4 Å². The Kier molecular flexibility index (Phi) is 16.6. The van der Waals surface area contributed by atoms with E-state index in [1.165, 1.54) is 28.1 Å². The van der Waals surface area contributed by atoms with Gasteiger partial charge in [-0.1, -0.05) is 52.5 Å². The van der Waals surface area contributed by atoms with E-state index in [1.54, 1.807) is 39.0 Å². The van der Waals surface area contributed by atoms with Crippen LogP contribution in [0.15, 0.2) is 61.3 Å². The van der Waals surface area contributed by atoms with E-state index in [9.17, 15) is 24.0 Å². The van der Waals surface area contributed by atoms with Gasteiger partial charge in [0.1, 0.15) is 18.1 Å². The maximum absolute atomic E-state index is 15.1. The molecule has 6 heterocycles. The summed E-state index contributed by atoms with van der Waals surface area (Å²) in [6, 6.07) is 9.57. The molecule has 398 valence electrons. The molecule has 16 nitrogen and oxygen atoms in total. The van der Waals surface area contributed by atoms with Crippen LogP contribution in [-0.2, 0) is 52.8 Å². The summed E-state index contributed by atoms with van der Waals surface area (Å²) in [5, 5.41) is 8.59. The average molecular weight is 1020 g/mol. The van der Waals surface area contributed by atoms with Crippen LogP contribution in [0, 0.1) is 17.3 Å². The number of nitrogens with zero attached hydrogens (tertiary/aromatic N) is 6. The van der Waals surface area contributed by atoms with Gasteiger partial charge in [-0.3, -0.25) is 34.0 Å². The topological polar surface area (TPSA) is 171 Å². The number of hydrogen-bond acceptors (Lipinski definition) is 11. The standard InChI is InChI=1S/C56H73F2N9O7/c1-10-47(68)65-20-16-37(31-65)53(70)63(8)49(33(3)4)52(69)61-45-25-35-23-38(26-39(24-35)51(57)58)36-14-15-46-41(27-36)43(29-56(6,7)32-74-55(72)44-13-12-19-67(62-44)54(45)71)50(66(46)11-2)42-28-40(64-21-17-59-18-22-64)30-60-48(42)34(5)73-9/h10,14-15,23-24,26-28,30,33-34,37,44-45,49,51,59,62H,1,11-13,16-22,25,29,31-32H2,2-9H3,(H,61,69)/t34-,37-,44-,45-,49?/m0/s1. The number of alkyl halides is 2. The summed E-state index contributed by atoms with van der Waals surface area (Å²) in [6.45, 7) is 20.0. The molecule has 3 N–H and O–H groups in total. The van der Waals surface area contributed by atoms with Crippen molar-refractivity contribution in [3.05, 3.63) is 83.7 Å². The number of rotatable bonds is 12. The Hall–Kier alpha value is -6.24. The van der Waals surface area contributed by atoms with Crippen molar-refractivity contribution in [2.24, 2.45) is 17.3 Å². The number of anilines is 1. The number of ether oxygens (including phenoxy) is 2. The molecule has 18 heteroatoms. The molecule has 4 aliphatic heterocycles. The highest BCUT2D eigenvalue weighted by Gasteiger charge is 2.40. The minimum atomic E-state index is -2.87. The molecular formula is C56H73F2N9O7. The van der Waals surface area contributed by atoms with Gasteiger partial charge >= 0.3 is 5.97 Å². The van der Waals surface area contributed by atoms with E-state index < -0.39 is 59.6 Å². The van der Waals surface area contributed by atoms with Gasteiger partial charge in [0.05, 0.1) is 41.9 Å². The van der Waals surface area contributed by atoms with Crippen LogP contribution in [0.25, 0.3) is 33.3 Å². The number of nitrogens with one attached hydrogen (secondary N) is 3. The van der Waals surface area contributed by atoms with Crippen molar-refractivity contribution < 1.29 is 42.2 Å². The minimum Gasteiger partial charge on any atom is -0.464 e. The van der Waals surface area contributed by atoms with Crippen molar-refractivity contribution in [3.63, 3.8) is 0 Å². The molecule has 4 aromatic rings. The fourth-order valence-corrected chi connectivity index (χ4v) is 11.3. The molecule has 0 aliphatic carbocycles. The maximum atomic E-state index is 15.1. The molecular weight excluding hydrogens is 949 g/mol.